The van der Waals surface area contributed by atoms with Gasteiger partial charge in [0.05, 0.1) is 17.8 Å². The average Bonchev–Trinajstić information content (AvgIpc) is 2.89. The molecule has 1 amide bonds. The average molecular weight is 481 g/mol. The molecule has 1 aliphatic rings. The number of carbonyl (C=O) groups excluding carboxylic acids is 2. The summed E-state index contributed by atoms with van der Waals surface area (Å²) < 4.78 is 6.07. The van der Waals surface area contributed by atoms with Crippen LogP contribution in [0.4, 0.5) is 5.69 Å². The molecule has 2 aromatic rings. The van der Waals surface area contributed by atoms with Crippen molar-refractivity contribution >= 4 is 62.8 Å². The second kappa shape index (κ2) is 8.52. The highest BCUT2D eigenvalue weighted by Gasteiger charge is 2.38. The van der Waals surface area contributed by atoms with Crippen LogP contribution in [0.5, 0.6) is 0 Å². The first-order valence-electron chi connectivity index (χ1n) is 8.48. The summed E-state index contributed by atoms with van der Waals surface area (Å²) in [5.41, 5.74) is 2.19. The van der Waals surface area contributed by atoms with E-state index in [2.05, 4.69) is 15.9 Å². The number of ether oxygens (including phenoxy) is 1. The Kier molecular flexibility index (Phi) is 6.28. The van der Waals surface area contributed by atoms with Crippen molar-refractivity contribution in [3.05, 3.63) is 79.4 Å². The first kappa shape index (κ1) is 20.6. The number of amides is 1. The van der Waals surface area contributed by atoms with Crippen LogP contribution in [-0.2, 0) is 14.3 Å². The van der Waals surface area contributed by atoms with Crippen LogP contribution in [0.15, 0.2) is 63.8 Å². The molecule has 0 unspecified atom stereocenters. The van der Waals surface area contributed by atoms with Crippen LogP contribution in [-0.4, -0.2) is 18.5 Å². The van der Waals surface area contributed by atoms with E-state index >= 15 is 0 Å². The minimum Gasteiger partial charge on any atom is -0.462 e. The maximum Gasteiger partial charge on any atom is 0.340 e. The van der Waals surface area contributed by atoms with Gasteiger partial charge in [-0.2, -0.15) is 0 Å². The molecule has 3 rings (SSSR count). The van der Waals surface area contributed by atoms with Crippen LogP contribution in [0, 0.1) is 0 Å². The van der Waals surface area contributed by atoms with E-state index in [4.69, 9.17) is 27.9 Å². The van der Waals surface area contributed by atoms with Crippen LogP contribution in [0.25, 0.3) is 6.08 Å². The molecule has 0 aromatic heterocycles. The number of benzene rings is 2. The summed E-state index contributed by atoms with van der Waals surface area (Å²) in [6.07, 6.45) is 1.59. The van der Waals surface area contributed by atoms with E-state index in [-0.39, 0.29) is 23.7 Å². The number of nitrogens with zero attached hydrogens (tertiary/aromatic N) is 1. The molecule has 0 saturated heterocycles. The summed E-state index contributed by atoms with van der Waals surface area (Å²) in [7, 11) is 0. The molecule has 1 aliphatic heterocycles. The lowest BCUT2D eigenvalue weighted by molar-refractivity contribution is -0.138. The lowest BCUT2D eigenvalue weighted by atomic mass is 10.0. The largest absolute Gasteiger partial charge is 0.462 e. The number of rotatable bonds is 4. The number of halogens is 3. The lowest BCUT2D eigenvalue weighted by Crippen LogP contribution is -2.24. The number of carbonyl (C=O) groups is 2. The Morgan fingerprint density at radius 2 is 1.86 bits per heavy atom. The Balaban J connectivity index is 2.14. The predicted molar refractivity (Wildman–Crippen MR) is 115 cm³/mol. The molecule has 0 bridgehead atoms. The summed E-state index contributed by atoms with van der Waals surface area (Å²) >= 11 is 15.6. The highest BCUT2D eigenvalue weighted by Crippen LogP contribution is 2.36. The van der Waals surface area contributed by atoms with Gasteiger partial charge in [0.15, 0.2) is 0 Å². The van der Waals surface area contributed by atoms with E-state index in [0.717, 1.165) is 4.47 Å². The zero-order valence-electron chi connectivity index (χ0n) is 15.1. The fourth-order valence-corrected chi connectivity index (χ4v) is 3.68. The fourth-order valence-electron chi connectivity index (χ4n) is 2.96. The van der Waals surface area contributed by atoms with Crippen molar-refractivity contribution in [2.75, 3.05) is 11.5 Å². The Bertz CT molecular complexity index is 1010. The molecule has 28 heavy (non-hydrogen) atoms. The topological polar surface area (TPSA) is 46.6 Å². The monoisotopic (exact) mass is 479 g/mol. The van der Waals surface area contributed by atoms with E-state index in [9.17, 15) is 9.59 Å². The van der Waals surface area contributed by atoms with Gasteiger partial charge in [0.25, 0.3) is 5.91 Å². The molecule has 0 saturated carbocycles. The number of esters is 1. The molecule has 4 nitrogen and oxygen atoms in total. The van der Waals surface area contributed by atoms with Gasteiger partial charge in [-0.3, -0.25) is 9.69 Å². The molecule has 144 valence electrons. The van der Waals surface area contributed by atoms with Gasteiger partial charge >= 0.3 is 5.97 Å². The number of allylic oxidation sites excluding steroid dienone is 1. The van der Waals surface area contributed by atoms with E-state index < -0.39 is 5.97 Å². The molecule has 0 N–H and O–H groups in total. The van der Waals surface area contributed by atoms with Gasteiger partial charge in [-0.15, -0.1) is 0 Å². The van der Waals surface area contributed by atoms with Crippen molar-refractivity contribution in [1.29, 1.82) is 0 Å². The Labute approximate surface area is 181 Å². The minimum absolute atomic E-state index is 0.205. The molecule has 0 aliphatic carbocycles. The summed E-state index contributed by atoms with van der Waals surface area (Å²) in [4.78, 5) is 27.3. The number of hydrogen-bond acceptors (Lipinski definition) is 3. The van der Waals surface area contributed by atoms with E-state index in [0.29, 0.717) is 27.0 Å². The van der Waals surface area contributed by atoms with Crippen molar-refractivity contribution < 1.29 is 14.3 Å². The Morgan fingerprint density at radius 3 is 2.46 bits per heavy atom. The maximum atomic E-state index is 13.2. The smallest absolute Gasteiger partial charge is 0.340 e. The Morgan fingerprint density at radius 1 is 1.18 bits per heavy atom. The van der Waals surface area contributed by atoms with Gasteiger partial charge in [-0.05, 0) is 61.9 Å². The first-order valence-corrected chi connectivity index (χ1v) is 10.0. The summed E-state index contributed by atoms with van der Waals surface area (Å²) in [5.74, 6) is -0.877. The second-order valence-corrected chi connectivity index (χ2v) is 7.78. The van der Waals surface area contributed by atoms with Crippen molar-refractivity contribution in [2.45, 2.75) is 13.8 Å². The zero-order chi connectivity index (χ0) is 20.4. The lowest BCUT2D eigenvalue weighted by Gasteiger charge is -2.18. The highest BCUT2D eigenvalue weighted by molar-refractivity contribution is 9.10. The SMILES string of the molecule is CCOC(=O)C1=C(C)N(c2ccc(Br)cc2)C(=O)/C1=C\c1ccc(Cl)cc1Cl. The second-order valence-electron chi connectivity index (χ2n) is 6.02. The molecular weight excluding hydrogens is 465 g/mol. The van der Waals surface area contributed by atoms with Gasteiger partial charge in [0, 0.05) is 25.9 Å². The number of hydrogen-bond donors (Lipinski definition) is 0. The van der Waals surface area contributed by atoms with Gasteiger partial charge < -0.3 is 4.74 Å². The summed E-state index contributed by atoms with van der Waals surface area (Å²) in [6.45, 7) is 3.64. The third kappa shape index (κ3) is 4.02. The van der Waals surface area contributed by atoms with Crippen LogP contribution < -0.4 is 4.90 Å². The van der Waals surface area contributed by atoms with Gasteiger partial charge in [0.1, 0.15) is 0 Å². The molecular formula is C21H16BrCl2NO3. The molecule has 7 heteroatoms. The third-order valence-electron chi connectivity index (χ3n) is 4.23. The van der Waals surface area contributed by atoms with E-state index in [1.165, 1.54) is 4.90 Å². The molecule has 0 radical (unpaired) electrons. The third-order valence-corrected chi connectivity index (χ3v) is 5.32. The van der Waals surface area contributed by atoms with Crippen LogP contribution >= 0.6 is 39.1 Å². The molecule has 2 aromatic carbocycles. The normalized spacial score (nSPS) is 15.5. The van der Waals surface area contributed by atoms with Crippen LogP contribution in [0.1, 0.15) is 19.4 Å². The minimum atomic E-state index is -0.552. The van der Waals surface area contributed by atoms with Crippen molar-refractivity contribution in [2.24, 2.45) is 0 Å². The van der Waals surface area contributed by atoms with E-state index in [1.54, 1.807) is 50.3 Å². The zero-order valence-corrected chi connectivity index (χ0v) is 18.2. The summed E-state index contributed by atoms with van der Waals surface area (Å²) in [6, 6.07) is 12.2. The summed E-state index contributed by atoms with van der Waals surface area (Å²) in [5, 5.41) is 0.870. The fraction of sp³-hybridized carbons (Fsp3) is 0.143. The van der Waals surface area contributed by atoms with Crippen molar-refractivity contribution in [3.63, 3.8) is 0 Å². The van der Waals surface area contributed by atoms with Gasteiger partial charge in [0.2, 0.25) is 0 Å². The van der Waals surface area contributed by atoms with Gasteiger partial charge in [-0.1, -0.05) is 45.2 Å². The van der Waals surface area contributed by atoms with Gasteiger partial charge in [-0.25, -0.2) is 4.79 Å². The molecule has 0 atom stereocenters. The molecule has 0 fully saturated rings. The molecule has 1 heterocycles. The van der Waals surface area contributed by atoms with Crippen LogP contribution in [0.3, 0.4) is 0 Å². The standard InChI is InChI=1S/C21H16BrCl2NO3/c1-3-28-21(27)19-12(2)25(16-8-5-14(22)6-9-16)20(26)17(19)10-13-4-7-15(23)11-18(13)24/h4-11H,3H2,1-2H3/b17-10-. The highest BCUT2D eigenvalue weighted by atomic mass is 79.9. The number of anilines is 1. The van der Waals surface area contributed by atoms with Crippen molar-refractivity contribution in [3.8, 4) is 0 Å². The first-order chi connectivity index (χ1) is 13.3. The van der Waals surface area contributed by atoms with Crippen molar-refractivity contribution in [1.82, 2.24) is 0 Å². The maximum absolute atomic E-state index is 13.2. The van der Waals surface area contributed by atoms with Crippen LogP contribution in [0.2, 0.25) is 10.0 Å². The Hall–Kier alpha value is -2.08. The van der Waals surface area contributed by atoms with E-state index in [1.807, 2.05) is 12.1 Å². The predicted octanol–water partition coefficient (Wildman–Crippen LogP) is 6.02. The quantitative estimate of drug-likeness (QED) is 0.396. The molecule has 0 spiro atoms.